The van der Waals surface area contributed by atoms with Gasteiger partial charge in [0, 0.05) is 30.2 Å². The van der Waals surface area contributed by atoms with E-state index in [-0.39, 0.29) is 5.91 Å². The molecule has 1 amide bonds. The first-order chi connectivity index (χ1) is 12.0. The molecule has 0 saturated carbocycles. The first-order valence-corrected chi connectivity index (χ1v) is 9.10. The predicted molar refractivity (Wildman–Crippen MR) is 105 cm³/mol. The van der Waals surface area contributed by atoms with Gasteiger partial charge in [-0.3, -0.25) is 4.79 Å². The number of piperidine rings is 1. The van der Waals surface area contributed by atoms with Crippen LogP contribution in [0.5, 0.6) is 0 Å². The Kier molecular flexibility index (Phi) is 5.27. The number of hydrogen-bond donors (Lipinski definition) is 2. The minimum absolute atomic E-state index is 0.106. The van der Waals surface area contributed by atoms with Crippen molar-refractivity contribution >= 4 is 23.0 Å². The van der Waals surface area contributed by atoms with Crippen LogP contribution in [0.4, 0.5) is 17.1 Å². The molecule has 1 heterocycles. The number of nitrogens with zero attached hydrogens (tertiary/aromatic N) is 1. The molecule has 4 heteroatoms. The maximum Gasteiger partial charge on any atom is 0.257 e. The van der Waals surface area contributed by atoms with E-state index in [1.165, 1.54) is 24.8 Å². The molecule has 0 bridgehead atoms. The van der Waals surface area contributed by atoms with Crippen molar-refractivity contribution in [2.24, 2.45) is 0 Å². The van der Waals surface area contributed by atoms with E-state index < -0.39 is 0 Å². The van der Waals surface area contributed by atoms with Gasteiger partial charge in [0.2, 0.25) is 0 Å². The third-order valence-corrected chi connectivity index (χ3v) is 4.80. The second-order valence-electron chi connectivity index (χ2n) is 7.06. The summed E-state index contributed by atoms with van der Waals surface area (Å²) in [6.45, 7) is 6.30. The van der Waals surface area contributed by atoms with Gasteiger partial charge in [0.1, 0.15) is 0 Å². The second kappa shape index (κ2) is 7.60. The SMILES string of the molecule is CC(C)c1ccc(NC(=O)c2cc(N)ccc2N2CCCCC2)cc1. The Bertz CT molecular complexity index is 731. The molecule has 0 atom stereocenters. The van der Waals surface area contributed by atoms with Gasteiger partial charge in [-0.1, -0.05) is 26.0 Å². The van der Waals surface area contributed by atoms with Crippen LogP contribution in [-0.2, 0) is 0 Å². The van der Waals surface area contributed by atoms with Crippen molar-refractivity contribution in [1.82, 2.24) is 0 Å². The molecule has 4 nitrogen and oxygen atoms in total. The molecule has 1 saturated heterocycles. The molecule has 2 aromatic carbocycles. The van der Waals surface area contributed by atoms with Gasteiger partial charge < -0.3 is 16.0 Å². The van der Waals surface area contributed by atoms with Crippen molar-refractivity contribution in [1.29, 1.82) is 0 Å². The van der Waals surface area contributed by atoms with Crippen LogP contribution in [0.1, 0.15) is 54.9 Å². The molecular weight excluding hydrogens is 310 g/mol. The lowest BCUT2D eigenvalue weighted by Crippen LogP contribution is -2.31. The van der Waals surface area contributed by atoms with Crippen LogP contribution < -0.4 is 16.0 Å². The topological polar surface area (TPSA) is 58.4 Å². The highest BCUT2D eigenvalue weighted by Crippen LogP contribution is 2.27. The third kappa shape index (κ3) is 4.13. The molecule has 0 aromatic heterocycles. The van der Waals surface area contributed by atoms with Crippen LogP contribution in [0.15, 0.2) is 42.5 Å². The number of nitrogens with one attached hydrogen (secondary N) is 1. The fraction of sp³-hybridized carbons (Fsp3) is 0.381. The van der Waals surface area contributed by atoms with E-state index in [0.29, 0.717) is 17.2 Å². The highest BCUT2D eigenvalue weighted by molar-refractivity contribution is 6.08. The molecule has 2 aromatic rings. The molecule has 25 heavy (non-hydrogen) atoms. The zero-order valence-corrected chi connectivity index (χ0v) is 15.1. The van der Waals surface area contributed by atoms with E-state index >= 15 is 0 Å². The summed E-state index contributed by atoms with van der Waals surface area (Å²) in [5.74, 6) is 0.370. The maximum absolute atomic E-state index is 12.9. The molecule has 0 aliphatic carbocycles. The molecule has 0 unspecified atom stereocenters. The Morgan fingerprint density at radius 3 is 2.36 bits per heavy atom. The zero-order valence-electron chi connectivity index (χ0n) is 15.1. The average Bonchev–Trinajstić information content (AvgIpc) is 2.63. The van der Waals surface area contributed by atoms with Gasteiger partial charge in [0.15, 0.2) is 0 Å². The molecule has 1 fully saturated rings. The van der Waals surface area contributed by atoms with Crippen LogP contribution in [0.3, 0.4) is 0 Å². The van der Waals surface area contributed by atoms with E-state index in [1.807, 2.05) is 24.3 Å². The Hall–Kier alpha value is -2.49. The van der Waals surface area contributed by atoms with Crippen molar-refractivity contribution in [3.8, 4) is 0 Å². The van der Waals surface area contributed by atoms with E-state index in [1.54, 1.807) is 6.07 Å². The van der Waals surface area contributed by atoms with E-state index in [4.69, 9.17) is 5.73 Å². The van der Waals surface area contributed by atoms with Crippen LogP contribution in [0.2, 0.25) is 0 Å². The van der Waals surface area contributed by atoms with Gasteiger partial charge in [-0.25, -0.2) is 0 Å². The molecule has 1 aliphatic rings. The number of nitrogen functional groups attached to an aromatic ring is 1. The van der Waals surface area contributed by atoms with Gasteiger partial charge in [-0.15, -0.1) is 0 Å². The lowest BCUT2D eigenvalue weighted by atomic mass is 10.0. The maximum atomic E-state index is 12.9. The summed E-state index contributed by atoms with van der Waals surface area (Å²) < 4.78 is 0. The van der Waals surface area contributed by atoms with Gasteiger partial charge in [0.25, 0.3) is 5.91 Å². The van der Waals surface area contributed by atoms with Crippen LogP contribution in [0.25, 0.3) is 0 Å². The molecule has 132 valence electrons. The van der Waals surface area contributed by atoms with Crippen LogP contribution >= 0.6 is 0 Å². The number of hydrogen-bond acceptors (Lipinski definition) is 3. The van der Waals surface area contributed by atoms with E-state index in [0.717, 1.165) is 24.5 Å². The van der Waals surface area contributed by atoms with Crippen molar-refractivity contribution in [3.63, 3.8) is 0 Å². The van der Waals surface area contributed by atoms with Gasteiger partial charge >= 0.3 is 0 Å². The third-order valence-electron chi connectivity index (χ3n) is 4.80. The standard InChI is InChI=1S/C21H27N3O/c1-15(2)16-6-9-18(10-7-16)23-21(25)19-14-17(22)8-11-20(19)24-12-4-3-5-13-24/h6-11,14-15H,3-5,12-13,22H2,1-2H3,(H,23,25). The molecule has 3 rings (SSSR count). The van der Waals surface area contributed by atoms with Gasteiger partial charge in [-0.2, -0.15) is 0 Å². The van der Waals surface area contributed by atoms with Crippen LogP contribution in [0, 0.1) is 0 Å². The first-order valence-electron chi connectivity index (χ1n) is 9.10. The second-order valence-corrected chi connectivity index (χ2v) is 7.06. The number of benzene rings is 2. The average molecular weight is 337 g/mol. The summed E-state index contributed by atoms with van der Waals surface area (Å²) in [5, 5.41) is 3.01. The fourth-order valence-corrected chi connectivity index (χ4v) is 3.30. The van der Waals surface area contributed by atoms with E-state index in [2.05, 4.69) is 36.2 Å². The Labute approximate surface area is 150 Å². The number of amides is 1. The van der Waals surface area contributed by atoms with Crippen molar-refractivity contribution in [2.75, 3.05) is 29.0 Å². The summed E-state index contributed by atoms with van der Waals surface area (Å²) in [6, 6.07) is 13.7. The lowest BCUT2D eigenvalue weighted by molar-refractivity contribution is 0.102. The highest BCUT2D eigenvalue weighted by atomic mass is 16.1. The van der Waals surface area contributed by atoms with Crippen molar-refractivity contribution < 1.29 is 4.79 Å². The van der Waals surface area contributed by atoms with E-state index in [9.17, 15) is 4.79 Å². The summed E-state index contributed by atoms with van der Waals surface area (Å²) in [6.07, 6.45) is 3.60. The summed E-state index contributed by atoms with van der Waals surface area (Å²) >= 11 is 0. The molecule has 0 radical (unpaired) electrons. The molecule has 1 aliphatic heterocycles. The van der Waals surface area contributed by atoms with Crippen molar-refractivity contribution in [3.05, 3.63) is 53.6 Å². The minimum atomic E-state index is -0.106. The molecular formula is C21H27N3O. The summed E-state index contributed by atoms with van der Waals surface area (Å²) in [5.41, 5.74) is 10.2. The predicted octanol–water partition coefficient (Wildman–Crippen LogP) is 4.63. The largest absolute Gasteiger partial charge is 0.399 e. The zero-order chi connectivity index (χ0) is 17.8. The summed E-state index contributed by atoms with van der Waals surface area (Å²) in [7, 11) is 0. The Morgan fingerprint density at radius 2 is 1.72 bits per heavy atom. The number of anilines is 3. The Morgan fingerprint density at radius 1 is 1.04 bits per heavy atom. The van der Waals surface area contributed by atoms with Gasteiger partial charge in [-0.05, 0) is 61.1 Å². The quantitative estimate of drug-likeness (QED) is 0.799. The normalized spacial score (nSPS) is 14.6. The first kappa shape index (κ1) is 17.3. The highest BCUT2D eigenvalue weighted by Gasteiger charge is 2.19. The summed E-state index contributed by atoms with van der Waals surface area (Å²) in [4.78, 5) is 15.1. The monoisotopic (exact) mass is 337 g/mol. The fourth-order valence-electron chi connectivity index (χ4n) is 3.30. The number of nitrogens with two attached hydrogens (primary N) is 1. The van der Waals surface area contributed by atoms with Gasteiger partial charge in [0.05, 0.1) is 5.56 Å². The number of rotatable bonds is 4. The minimum Gasteiger partial charge on any atom is -0.399 e. The lowest BCUT2D eigenvalue weighted by Gasteiger charge is -2.30. The molecule has 3 N–H and O–H groups in total. The Balaban J connectivity index is 1.82. The number of carbonyl (C=O) groups excluding carboxylic acids is 1. The smallest absolute Gasteiger partial charge is 0.257 e. The molecule has 0 spiro atoms. The van der Waals surface area contributed by atoms with Crippen molar-refractivity contribution in [2.45, 2.75) is 39.0 Å². The number of carbonyl (C=O) groups is 1. The van der Waals surface area contributed by atoms with Crippen LogP contribution in [-0.4, -0.2) is 19.0 Å².